The Balaban J connectivity index is 1.74. The van der Waals surface area contributed by atoms with Crippen molar-refractivity contribution in [2.24, 2.45) is 5.92 Å². The molecule has 0 heterocycles. The lowest BCUT2D eigenvalue weighted by atomic mass is 9.86. The van der Waals surface area contributed by atoms with Gasteiger partial charge in [-0.2, -0.15) is 0 Å². The van der Waals surface area contributed by atoms with Gasteiger partial charge in [-0.1, -0.05) is 43.5 Å². The van der Waals surface area contributed by atoms with Crippen molar-refractivity contribution >= 4 is 23.5 Å². The van der Waals surface area contributed by atoms with Gasteiger partial charge >= 0.3 is 6.03 Å². The van der Waals surface area contributed by atoms with E-state index >= 15 is 0 Å². The molecule has 1 aliphatic rings. The number of halogens is 1. The minimum Gasteiger partial charge on any atom is -0.482 e. The number of hydrogen-bond donors (Lipinski definition) is 2. The third-order valence-electron chi connectivity index (χ3n) is 3.88. The van der Waals surface area contributed by atoms with Gasteiger partial charge in [0.2, 0.25) is 0 Å². The van der Waals surface area contributed by atoms with Gasteiger partial charge in [0.15, 0.2) is 6.61 Å². The highest BCUT2D eigenvalue weighted by atomic mass is 35.5. The number of nitrogens with one attached hydrogen (secondary N) is 2. The molecule has 120 valence electrons. The zero-order valence-corrected chi connectivity index (χ0v) is 13.4. The van der Waals surface area contributed by atoms with Crippen molar-refractivity contribution in [2.75, 3.05) is 6.61 Å². The normalized spacial score (nSPS) is 21.0. The molecular weight excluding hydrogens is 304 g/mol. The molecule has 0 aliphatic heterocycles. The monoisotopic (exact) mass is 324 g/mol. The number of hydrogen-bond acceptors (Lipinski definition) is 3. The van der Waals surface area contributed by atoms with E-state index in [9.17, 15) is 9.59 Å². The Morgan fingerprint density at radius 3 is 2.73 bits per heavy atom. The lowest BCUT2D eigenvalue weighted by Gasteiger charge is -2.29. The van der Waals surface area contributed by atoms with Crippen molar-refractivity contribution in [3.63, 3.8) is 0 Å². The van der Waals surface area contributed by atoms with Crippen LogP contribution in [-0.4, -0.2) is 24.6 Å². The molecule has 1 aromatic carbocycles. The molecule has 2 N–H and O–H groups in total. The summed E-state index contributed by atoms with van der Waals surface area (Å²) in [5.41, 5.74) is 0. The summed E-state index contributed by atoms with van der Waals surface area (Å²) in [7, 11) is 0. The molecule has 2 rings (SSSR count). The van der Waals surface area contributed by atoms with Crippen LogP contribution < -0.4 is 15.4 Å². The largest absolute Gasteiger partial charge is 0.482 e. The fourth-order valence-electron chi connectivity index (χ4n) is 2.60. The minimum atomic E-state index is -0.499. The van der Waals surface area contributed by atoms with Crippen LogP contribution >= 0.6 is 11.6 Å². The first-order valence-corrected chi connectivity index (χ1v) is 7.91. The Labute approximate surface area is 135 Å². The Bertz CT molecular complexity index is 536. The number of para-hydroxylation sites is 1. The molecule has 0 aromatic heterocycles. The van der Waals surface area contributed by atoms with Crippen molar-refractivity contribution in [3.05, 3.63) is 29.3 Å². The van der Waals surface area contributed by atoms with Crippen molar-refractivity contribution in [1.82, 2.24) is 10.6 Å². The highest BCUT2D eigenvalue weighted by molar-refractivity contribution is 6.32. The molecule has 0 radical (unpaired) electrons. The van der Waals surface area contributed by atoms with Gasteiger partial charge in [-0.05, 0) is 30.9 Å². The van der Waals surface area contributed by atoms with Crippen LogP contribution in [0.3, 0.4) is 0 Å². The van der Waals surface area contributed by atoms with E-state index < -0.39 is 11.9 Å². The molecule has 6 heteroatoms. The average molecular weight is 325 g/mol. The summed E-state index contributed by atoms with van der Waals surface area (Å²) >= 11 is 5.92. The number of carbonyl (C=O) groups excluding carboxylic acids is 2. The van der Waals surface area contributed by atoms with E-state index in [2.05, 4.69) is 17.6 Å². The van der Waals surface area contributed by atoms with E-state index in [1.807, 2.05) is 0 Å². The van der Waals surface area contributed by atoms with Gasteiger partial charge in [0.25, 0.3) is 5.91 Å². The fraction of sp³-hybridized carbons (Fsp3) is 0.500. The number of imide groups is 1. The molecule has 2 unspecified atom stereocenters. The second-order valence-corrected chi connectivity index (χ2v) is 6.02. The maximum atomic E-state index is 11.8. The molecule has 1 aromatic rings. The molecule has 3 amide bonds. The molecule has 1 fully saturated rings. The van der Waals surface area contributed by atoms with E-state index in [0.717, 1.165) is 19.3 Å². The lowest BCUT2D eigenvalue weighted by Crippen LogP contribution is -2.48. The zero-order valence-electron chi connectivity index (χ0n) is 12.6. The van der Waals surface area contributed by atoms with Crippen LogP contribution in [0.2, 0.25) is 5.02 Å². The smallest absolute Gasteiger partial charge is 0.321 e. The van der Waals surface area contributed by atoms with E-state index in [1.165, 1.54) is 6.42 Å². The van der Waals surface area contributed by atoms with Gasteiger partial charge in [-0.15, -0.1) is 0 Å². The summed E-state index contributed by atoms with van der Waals surface area (Å²) in [6.07, 6.45) is 4.37. The summed E-state index contributed by atoms with van der Waals surface area (Å²) in [6, 6.07) is 6.54. The molecule has 1 aliphatic carbocycles. The highest BCUT2D eigenvalue weighted by Gasteiger charge is 2.23. The zero-order chi connectivity index (χ0) is 15.9. The Hall–Kier alpha value is -1.75. The molecule has 2 atom stereocenters. The number of carbonyl (C=O) groups is 2. The van der Waals surface area contributed by atoms with Crippen molar-refractivity contribution in [3.8, 4) is 5.75 Å². The molecule has 0 bridgehead atoms. The minimum absolute atomic E-state index is 0.131. The van der Waals surface area contributed by atoms with Crippen LogP contribution in [0, 0.1) is 5.92 Å². The van der Waals surface area contributed by atoms with Crippen LogP contribution in [0.25, 0.3) is 0 Å². The van der Waals surface area contributed by atoms with Crippen LogP contribution in [0.5, 0.6) is 5.75 Å². The van der Waals surface area contributed by atoms with Gasteiger partial charge in [-0.25, -0.2) is 4.79 Å². The average Bonchev–Trinajstić information content (AvgIpc) is 2.49. The quantitative estimate of drug-likeness (QED) is 0.894. The number of benzene rings is 1. The van der Waals surface area contributed by atoms with Crippen LogP contribution in [0.1, 0.15) is 32.6 Å². The third-order valence-corrected chi connectivity index (χ3v) is 4.19. The number of urea groups is 1. The second kappa shape index (κ2) is 8.03. The summed E-state index contributed by atoms with van der Waals surface area (Å²) in [4.78, 5) is 23.5. The predicted octanol–water partition coefficient (Wildman–Crippen LogP) is 3.12. The standard InChI is InChI=1S/C16H21ClN2O3/c1-11-6-2-4-8-13(11)18-16(21)19-15(20)10-22-14-9-5-3-7-12(14)17/h3,5,7,9,11,13H,2,4,6,8,10H2,1H3,(H2,18,19,20,21). The van der Waals surface area contributed by atoms with E-state index in [4.69, 9.17) is 16.3 Å². The maximum absolute atomic E-state index is 11.8. The van der Waals surface area contributed by atoms with Crippen LogP contribution in [0.15, 0.2) is 24.3 Å². The Morgan fingerprint density at radius 2 is 2.00 bits per heavy atom. The molecule has 1 saturated carbocycles. The van der Waals surface area contributed by atoms with Crippen molar-refractivity contribution in [2.45, 2.75) is 38.6 Å². The first-order chi connectivity index (χ1) is 10.6. The Morgan fingerprint density at radius 1 is 1.27 bits per heavy atom. The first-order valence-electron chi connectivity index (χ1n) is 7.54. The summed E-state index contributed by atoms with van der Waals surface area (Å²) < 4.78 is 5.29. The number of amides is 3. The van der Waals surface area contributed by atoms with Gasteiger partial charge < -0.3 is 10.1 Å². The predicted molar refractivity (Wildman–Crippen MR) is 85.0 cm³/mol. The lowest BCUT2D eigenvalue weighted by molar-refractivity contribution is -0.122. The first kappa shape index (κ1) is 16.6. The summed E-state index contributed by atoms with van der Waals surface area (Å²) in [5, 5.41) is 5.56. The summed E-state index contributed by atoms with van der Waals surface area (Å²) in [6.45, 7) is 1.86. The van der Waals surface area contributed by atoms with E-state index in [0.29, 0.717) is 16.7 Å². The van der Waals surface area contributed by atoms with E-state index in [1.54, 1.807) is 24.3 Å². The number of ether oxygens (including phenoxy) is 1. The molecule has 5 nitrogen and oxygen atoms in total. The van der Waals surface area contributed by atoms with Crippen LogP contribution in [0.4, 0.5) is 4.79 Å². The topological polar surface area (TPSA) is 67.4 Å². The SMILES string of the molecule is CC1CCCCC1NC(=O)NC(=O)COc1ccccc1Cl. The fourth-order valence-corrected chi connectivity index (χ4v) is 2.79. The van der Waals surface area contributed by atoms with Crippen LogP contribution in [-0.2, 0) is 4.79 Å². The van der Waals surface area contributed by atoms with Gasteiger partial charge in [-0.3, -0.25) is 10.1 Å². The maximum Gasteiger partial charge on any atom is 0.321 e. The number of rotatable bonds is 4. The van der Waals surface area contributed by atoms with Crippen molar-refractivity contribution < 1.29 is 14.3 Å². The van der Waals surface area contributed by atoms with Gasteiger partial charge in [0.1, 0.15) is 5.75 Å². The van der Waals surface area contributed by atoms with Gasteiger partial charge in [0.05, 0.1) is 5.02 Å². The third kappa shape index (κ3) is 4.91. The molecular formula is C16H21ClN2O3. The summed E-state index contributed by atoms with van der Waals surface area (Å²) in [5.74, 6) is 0.357. The second-order valence-electron chi connectivity index (χ2n) is 5.61. The molecule has 0 saturated heterocycles. The van der Waals surface area contributed by atoms with Gasteiger partial charge in [0, 0.05) is 6.04 Å². The van der Waals surface area contributed by atoms with Crippen molar-refractivity contribution in [1.29, 1.82) is 0 Å². The Kier molecular flexibility index (Phi) is 6.07. The molecule has 22 heavy (non-hydrogen) atoms. The molecule has 0 spiro atoms. The highest BCUT2D eigenvalue weighted by Crippen LogP contribution is 2.24. The van der Waals surface area contributed by atoms with E-state index in [-0.39, 0.29) is 12.6 Å².